The number of hydrogen-bond donors (Lipinski definition) is 2. The minimum absolute atomic E-state index is 0. The smallest absolute Gasteiger partial charge is 0.240 e. The van der Waals surface area contributed by atoms with Gasteiger partial charge in [-0.05, 0) is 31.0 Å². The van der Waals surface area contributed by atoms with Gasteiger partial charge in [-0.15, -0.1) is 12.4 Å². The van der Waals surface area contributed by atoms with E-state index < -0.39 is 17.2 Å². The predicted molar refractivity (Wildman–Crippen MR) is 61.6 cm³/mol. The zero-order chi connectivity index (χ0) is 11.8. The number of nitrogens with one attached hydrogen (secondary N) is 1. The van der Waals surface area contributed by atoms with Crippen molar-refractivity contribution in [3.05, 3.63) is 35.4 Å². The molecule has 3 nitrogen and oxygen atoms in total. The van der Waals surface area contributed by atoms with Crippen molar-refractivity contribution in [2.75, 3.05) is 0 Å². The third-order valence-corrected chi connectivity index (χ3v) is 2.69. The number of rotatable bonds is 3. The van der Waals surface area contributed by atoms with Crippen LogP contribution in [0.4, 0.5) is 8.78 Å². The summed E-state index contributed by atoms with van der Waals surface area (Å²) in [6.45, 7) is -0.0403. The van der Waals surface area contributed by atoms with Crippen LogP contribution in [0.3, 0.4) is 0 Å². The van der Waals surface area contributed by atoms with E-state index in [9.17, 15) is 13.6 Å². The molecule has 0 saturated heterocycles. The fraction of sp³-hybridized carbons (Fsp3) is 0.364. The van der Waals surface area contributed by atoms with Crippen LogP contribution in [0.25, 0.3) is 0 Å². The molecule has 0 spiro atoms. The van der Waals surface area contributed by atoms with Gasteiger partial charge in [0.2, 0.25) is 5.91 Å². The monoisotopic (exact) mass is 262 g/mol. The lowest BCUT2D eigenvalue weighted by Crippen LogP contribution is -2.42. The highest BCUT2D eigenvalue weighted by Gasteiger charge is 2.45. The van der Waals surface area contributed by atoms with Gasteiger partial charge in [0, 0.05) is 12.1 Å². The van der Waals surface area contributed by atoms with Gasteiger partial charge in [0.1, 0.15) is 11.6 Å². The van der Waals surface area contributed by atoms with E-state index in [1.807, 2.05) is 0 Å². The summed E-state index contributed by atoms with van der Waals surface area (Å²) >= 11 is 0. The number of carbonyl (C=O) groups is 1. The third-order valence-electron chi connectivity index (χ3n) is 2.69. The summed E-state index contributed by atoms with van der Waals surface area (Å²) in [7, 11) is 0. The first kappa shape index (κ1) is 13.9. The standard InChI is InChI=1S/C11H12F2N2O.ClH/c12-8-1-2-9(13)7(5-8)6-15-10(16)11(14)3-4-11;/h1-2,5H,3-4,6,14H2,(H,15,16);1H. The van der Waals surface area contributed by atoms with Crippen molar-refractivity contribution in [1.82, 2.24) is 5.32 Å². The first-order chi connectivity index (χ1) is 7.51. The maximum absolute atomic E-state index is 13.2. The second kappa shape index (κ2) is 4.98. The van der Waals surface area contributed by atoms with Gasteiger partial charge in [-0.2, -0.15) is 0 Å². The fourth-order valence-corrected chi connectivity index (χ4v) is 1.39. The molecule has 0 bridgehead atoms. The molecule has 1 amide bonds. The van der Waals surface area contributed by atoms with E-state index in [1.165, 1.54) is 0 Å². The quantitative estimate of drug-likeness (QED) is 0.867. The molecular formula is C11H13ClF2N2O. The van der Waals surface area contributed by atoms with Crippen molar-refractivity contribution in [1.29, 1.82) is 0 Å². The summed E-state index contributed by atoms with van der Waals surface area (Å²) in [6, 6.07) is 3.13. The zero-order valence-corrected chi connectivity index (χ0v) is 9.82. The molecule has 17 heavy (non-hydrogen) atoms. The van der Waals surface area contributed by atoms with Crippen molar-refractivity contribution >= 4 is 18.3 Å². The molecule has 1 saturated carbocycles. The zero-order valence-electron chi connectivity index (χ0n) is 9.00. The van der Waals surface area contributed by atoms with Gasteiger partial charge in [-0.3, -0.25) is 4.79 Å². The van der Waals surface area contributed by atoms with Crippen LogP contribution in [0.2, 0.25) is 0 Å². The molecule has 0 heterocycles. The van der Waals surface area contributed by atoms with Crippen molar-refractivity contribution in [3.63, 3.8) is 0 Å². The van der Waals surface area contributed by atoms with E-state index >= 15 is 0 Å². The molecule has 3 N–H and O–H groups in total. The fourth-order valence-electron chi connectivity index (χ4n) is 1.39. The van der Waals surface area contributed by atoms with Crippen LogP contribution < -0.4 is 11.1 Å². The summed E-state index contributed by atoms with van der Waals surface area (Å²) in [5.41, 5.74) is 4.98. The average Bonchev–Trinajstić information content (AvgIpc) is 2.99. The topological polar surface area (TPSA) is 55.1 Å². The molecule has 0 radical (unpaired) electrons. The van der Waals surface area contributed by atoms with Crippen LogP contribution in [0.5, 0.6) is 0 Å². The Kier molecular flexibility index (Phi) is 4.06. The molecule has 1 aromatic carbocycles. The lowest BCUT2D eigenvalue weighted by molar-refractivity contribution is -0.123. The van der Waals surface area contributed by atoms with Crippen LogP contribution in [0.15, 0.2) is 18.2 Å². The Hall–Kier alpha value is -1.20. The van der Waals surface area contributed by atoms with Crippen LogP contribution in [0, 0.1) is 11.6 Å². The Labute approximate surface area is 104 Å². The minimum atomic E-state index is -0.788. The Morgan fingerprint density at radius 2 is 2.06 bits per heavy atom. The summed E-state index contributed by atoms with van der Waals surface area (Å²) in [5, 5.41) is 2.50. The molecule has 0 atom stereocenters. The summed E-state index contributed by atoms with van der Waals surface area (Å²) in [5.74, 6) is -1.38. The Morgan fingerprint density at radius 1 is 1.41 bits per heavy atom. The lowest BCUT2D eigenvalue weighted by Gasteiger charge is -2.10. The molecule has 1 aliphatic rings. The van der Waals surface area contributed by atoms with Crippen LogP contribution in [0.1, 0.15) is 18.4 Å². The van der Waals surface area contributed by atoms with E-state index in [-0.39, 0.29) is 30.4 Å². The van der Waals surface area contributed by atoms with Gasteiger partial charge in [0.15, 0.2) is 0 Å². The Balaban J connectivity index is 0.00000144. The van der Waals surface area contributed by atoms with E-state index in [4.69, 9.17) is 5.73 Å². The Morgan fingerprint density at radius 3 is 2.65 bits per heavy atom. The summed E-state index contributed by atoms with van der Waals surface area (Å²) in [4.78, 5) is 11.4. The van der Waals surface area contributed by atoms with Gasteiger partial charge < -0.3 is 11.1 Å². The van der Waals surface area contributed by atoms with Gasteiger partial charge in [-0.1, -0.05) is 0 Å². The number of hydrogen-bond acceptors (Lipinski definition) is 2. The normalized spacial score (nSPS) is 15.9. The number of benzene rings is 1. The van der Waals surface area contributed by atoms with Gasteiger partial charge in [-0.25, -0.2) is 8.78 Å². The molecule has 6 heteroatoms. The number of nitrogens with two attached hydrogens (primary N) is 1. The van der Waals surface area contributed by atoms with E-state index in [1.54, 1.807) is 0 Å². The molecule has 2 rings (SSSR count). The third kappa shape index (κ3) is 3.14. The maximum atomic E-state index is 13.2. The maximum Gasteiger partial charge on any atom is 0.240 e. The van der Waals surface area contributed by atoms with Gasteiger partial charge >= 0.3 is 0 Å². The van der Waals surface area contributed by atoms with E-state index in [0.29, 0.717) is 12.8 Å². The molecular weight excluding hydrogens is 250 g/mol. The lowest BCUT2D eigenvalue weighted by atomic mass is 10.2. The number of carbonyl (C=O) groups excluding carboxylic acids is 1. The highest BCUT2D eigenvalue weighted by Crippen LogP contribution is 2.32. The summed E-state index contributed by atoms with van der Waals surface area (Å²) < 4.78 is 26.0. The number of halogens is 3. The van der Waals surface area contributed by atoms with Crippen LogP contribution in [-0.4, -0.2) is 11.4 Å². The average molecular weight is 263 g/mol. The highest BCUT2D eigenvalue weighted by atomic mass is 35.5. The minimum Gasteiger partial charge on any atom is -0.350 e. The molecule has 1 aliphatic carbocycles. The van der Waals surface area contributed by atoms with Crippen LogP contribution in [-0.2, 0) is 11.3 Å². The predicted octanol–water partition coefficient (Wildman–Crippen LogP) is 1.49. The second-order valence-electron chi connectivity index (χ2n) is 4.07. The SMILES string of the molecule is Cl.NC1(C(=O)NCc2cc(F)ccc2F)CC1. The molecule has 0 aromatic heterocycles. The van der Waals surface area contributed by atoms with Gasteiger partial charge in [0.05, 0.1) is 5.54 Å². The van der Waals surface area contributed by atoms with Gasteiger partial charge in [0.25, 0.3) is 0 Å². The first-order valence-electron chi connectivity index (χ1n) is 5.02. The molecule has 0 aliphatic heterocycles. The van der Waals surface area contributed by atoms with Crippen molar-refractivity contribution in [3.8, 4) is 0 Å². The number of amides is 1. The Bertz CT molecular complexity index is 435. The molecule has 1 aromatic rings. The molecule has 0 unspecified atom stereocenters. The van der Waals surface area contributed by atoms with E-state index in [0.717, 1.165) is 18.2 Å². The van der Waals surface area contributed by atoms with Crippen molar-refractivity contribution < 1.29 is 13.6 Å². The van der Waals surface area contributed by atoms with E-state index in [2.05, 4.69) is 5.32 Å². The van der Waals surface area contributed by atoms with Crippen molar-refractivity contribution in [2.45, 2.75) is 24.9 Å². The largest absolute Gasteiger partial charge is 0.350 e. The molecule has 1 fully saturated rings. The molecule has 94 valence electrons. The second-order valence-corrected chi connectivity index (χ2v) is 4.07. The van der Waals surface area contributed by atoms with Crippen LogP contribution >= 0.6 is 12.4 Å². The van der Waals surface area contributed by atoms with Crippen molar-refractivity contribution in [2.24, 2.45) is 5.73 Å². The first-order valence-corrected chi connectivity index (χ1v) is 5.02. The highest BCUT2D eigenvalue weighted by molar-refractivity contribution is 5.88. The summed E-state index contributed by atoms with van der Waals surface area (Å²) in [6.07, 6.45) is 1.29.